The van der Waals surface area contributed by atoms with E-state index in [1.54, 1.807) is 0 Å². The van der Waals surface area contributed by atoms with E-state index in [1.807, 2.05) is 24.3 Å². The molecule has 1 unspecified atom stereocenters. The zero-order chi connectivity index (χ0) is 12.3. The van der Waals surface area contributed by atoms with Crippen molar-refractivity contribution in [1.29, 1.82) is 0 Å². The molecule has 1 aliphatic rings. The van der Waals surface area contributed by atoms with Crippen molar-refractivity contribution in [1.82, 2.24) is 5.32 Å². The van der Waals surface area contributed by atoms with Gasteiger partial charge >= 0.3 is 0 Å². The molecule has 0 saturated heterocycles. The molecule has 0 spiro atoms. The Balaban J connectivity index is 1.84. The van der Waals surface area contributed by atoms with Gasteiger partial charge in [0.05, 0.1) is 6.42 Å². The molecule has 1 fully saturated rings. The van der Waals surface area contributed by atoms with E-state index in [2.05, 4.69) is 12.2 Å². The molecule has 0 radical (unpaired) electrons. The molecule has 17 heavy (non-hydrogen) atoms. The van der Waals surface area contributed by atoms with Crippen LogP contribution in [0.4, 0.5) is 0 Å². The van der Waals surface area contributed by atoms with Crippen molar-refractivity contribution in [3.05, 3.63) is 35.4 Å². The molecule has 0 aromatic heterocycles. The van der Waals surface area contributed by atoms with Gasteiger partial charge in [0.2, 0.25) is 5.91 Å². The fourth-order valence-corrected chi connectivity index (χ4v) is 2.00. The predicted molar refractivity (Wildman–Crippen MR) is 68.4 cm³/mol. The van der Waals surface area contributed by atoms with E-state index < -0.39 is 0 Å². The molecule has 3 nitrogen and oxygen atoms in total. The zero-order valence-corrected chi connectivity index (χ0v) is 10.3. The second-order valence-electron chi connectivity index (χ2n) is 4.89. The number of amides is 1. The van der Waals surface area contributed by atoms with Gasteiger partial charge in [-0.3, -0.25) is 4.79 Å². The molecule has 1 aromatic rings. The molecule has 3 heteroatoms. The molecule has 3 N–H and O–H groups in total. The van der Waals surface area contributed by atoms with Crippen LogP contribution >= 0.6 is 0 Å². The molecule has 1 aliphatic carbocycles. The van der Waals surface area contributed by atoms with Crippen LogP contribution in [0.15, 0.2) is 24.3 Å². The van der Waals surface area contributed by atoms with Gasteiger partial charge in [0, 0.05) is 12.6 Å². The maximum Gasteiger partial charge on any atom is 0.224 e. The fraction of sp³-hybridized carbons (Fsp3) is 0.500. The third kappa shape index (κ3) is 3.56. The van der Waals surface area contributed by atoms with Crippen LogP contribution in [-0.2, 0) is 17.8 Å². The van der Waals surface area contributed by atoms with Gasteiger partial charge < -0.3 is 11.1 Å². The van der Waals surface area contributed by atoms with Crippen LogP contribution in [0.25, 0.3) is 0 Å². The molecule has 1 atom stereocenters. The highest BCUT2D eigenvalue weighted by Gasteiger charge is 2.28. The van der Waals surface area contributed by atoms with Crippen molar-refractivity contribution >= 4 is 5.91 Å². The summed E-state index contributed by atoms with van der Waals surface area (Å²) in [5, 5.41) is 3.06. The van der Waals surface area contributed by atoms with E-state index >= 15 is 0 Å². The Kier molecular flexibility index (Phi) is 3.79. The number of carbonyl (C=O) groups is 1. The Hall–Kier alpha value is -1.35. The fourth-order valence-electron chi connectivity index (χ4n) is 2.00. The van der Waals surface area contributed by atoms with Crippen molar-refractivity contribution in [3.8, 4) is 0 Å². The minimum absolute atomic E-state index is 0.116. The monoisotopic (exact) mass is 232 g/mol. The SMILES string of the molecule is CC(NC(=O)Cc1ccc(CN)cc1)C1CC1. The highest BCUT2D eigenvalue weighted by molar-refractivity contribution is 5.78. The summed E-state index contributed by atoms with van der Waals surface area (Å²) in [6, 6.07) is 8.23. The Bertz CT molecular complexity index is 382. The minimum Gasteiger partial charge on any atom is -0.353 e. The van der Waals surface area contributed by atoms with E-state index in [-0.39, 0.29) is 5.91 Å². The quantitative estimate of drug-likeness (QED) is 0.810. The maximum atomic E-state index is 11.8. The normalized spacial score (nSPS) is 16.6. The van der Waals surface area contributed by atoms with Gasteiger partial charge in [0.15, 0.2) is 0 Å². The van der Waals surface area contributed by atoms with Crippen molar-refractivity contribution in [2.75, 3.05) is 0 Å². The molecule has 1 aromatic carbocycles. The molecule has 1 saturated carbocycles. The number of hydrogen-bond donors (Lipinski definition) is 2. The molecular formula is C14H20N2O. The summed E-state index contributed by atoms with van der Waals surface area (Å²) in [4.78, 5) is 11.8. The van der Waals surface area contributed by atoms with Crippen molar-refractivity contribution < 1.29 is 4.79 Å². The molecule has 0 bridgehead atoms. The number of rotatable bonds is 5. The van der Waals surface area contributed by atoms with Gasteiger partial charge in [-0.1, -0.05) is 24.3 Å². The summed E-state index contributed by atoms with van der Waals surface area (Å²) < 4.78 is 0. The number of nitrogens with two attached hydrogens (primary N) is 1. The second kappa shape index (κ2) is 5.32. The van der Waals surface area contributed by atoms with E-state index in [4.69, 9.17) is 5.73 Å². The van der Waals surface area contributed by atoms with Crippen molar-refractivity contribution in [3.63, 3.8) is 0 Å². The van der Waals surface area contributed by atoms with E-state index in [0.717, 1.165) is 11.1 Å². The maximum absolute atomic E-state index is 11.8. The first-order chi connectivity index (χ1) is 8.19. The molecule has 1 amide bonds. The molecule has 2 rings (SSSR count). The molecular weight excluding hydrogens is 212 g/mol. The zero-order valence-electron chi connectivity index (χ0n) is 10.3. The summed E-state index contributed by atoms with van der Waals surface area (Å²) in [5.74, 6) is 0.823. The highest BCUT2D eigenvalue weighted by atomic mass is 16.1. The van der Waals surface area contributed by atoms with Crippen LogP contribution in [0, 0.1) is 5.92 Å². The Morgan fingerprint density at radius 2 is 1.94 bits per heavy atom. The summed E-state index contributed by atoms with van der Waals surface area (Å²) in [6.07, 6.45) is 2.97. The first kappa shape index (κ1) is 12.1. The van der Waals surface area contributed by atoms with Gasteiger partial charge in [-0.2, -0.15) is 0 Å². The largest absolute Gasteiger partial charge is 0.353 e. The lowest BCUT2D eigenvalue weighted by Crippen LogP contribution is -2.35. The number of hydrogen-bond acceptors (Lipinski definition) is 2. The lowest BCUT2D eigenvalue weighted by atomic mass is 10.1. The number of benzene rings is 1. The minimum atomic E-state index is 0.116. The van der Waals surface area contributed by atoms with Crippen LogP contribution < -0.4 is 11.1 Å². The lowest BCUT2D eigenvalue weighted by Gasteiger charge is -2.12. The molecule has 0 heterocycles. The summed E-state index contributed by atoms with van der Waals surface area (Å²) in [7, 11) is 0. The third-order valence-corrected chi connectivity index (χ3v) is 3.34. The first-order valence-electron chi connectivity index (χ1n) is 6.26. The predicted octanol–water partition coefficient (Wildman–Crippen LogP) is 1.60. The van der Waals surface area contributed by atoms with Crippen LogP contribution in [0.1, 0.15) is 30.9 Å². The summed E-state index contributed by atoms with van der Waals surface area (Å²) in [6.45, 7) is 2.64. The Morgan fingerprint density at radius 3 is 2.47 bits per heavy atom. The van der Waals surface area contributed by atoms with Gasteiger partial charge in [0.1, 0.15) is 0 Å². The van der Waals surface area contributed by atoms with Crippen LogP contribution in [0.5, 0.6) is 0 Å². The van der Waals surface area contributed by atoms with Crippen molar-refractivity contribution in [2.45, 2.75) is 38.8 Å². The third-order valence-electron chi connectivity index (χ3n) is 3.34. The average molecular weight is 232 g/mol. The van der Waals surface area contributed by atoms with Gasteiger partial charge in [-0.05, 0) is 36.8 Å². The van der Waals surface area contributed by atoms with E-state index in [9.17, 15) is 4.79 Å². The Labute approximate surface area is 102 Å². The topological polar surface area (TPSA) is 55.1 Å². The van der Waals surface area contributed by atoms with Gasteiger partial charge in [-0.25, -0.2) is 0 Å². The highest BCUT2D eigenvalue weighted by Crippen LogP contribution is 2.32. The van der Waals surface area contributed by atoms with Crippen LogP contribution in [0.3, 0.4) is 0 Å². The van der Waals surface area contributed by atoms with Gasteiger partial charge in [-0.15, -0.1) is 0 Å². The average Bonchev–Trinajstić information content (AvgIpc) is 3.13. The van der Waals surface area contributed by atoms with Crippen LogP contribution in [-0.4, -0.2) is 11.9 Å². The lowest BCUT2D eigenvalue weighted by molar-refractivity contribution is -0.121. The number of carbonyl (C=O) groups excluding carboxylic acids is 1. The first-order valence-corrected chi connectivity index (χ1v) is 6.26. The molecule has 0 aliphatic heterocycles. The van der Waals surface area contributed by atoms with E-state index in [1.165, 1.54) is 12.8 Å². The van der Waals surface area contributed by atoms with Crippen LogP contribution in [0.2, 0.25) is 0 Å². The van der Waals surface area contributed by atoms with Gasteiger partial charge in [0.25, 0.3) is 0 Å². The second-order valence-corrected chi connectivity index (χ2v) is 4.89. The standard InChI is InChI=1S/C14H20N2O/c1-10(13-6-7-13)16-14(17)8-11-2-4-12(9-15)5-3-11/h2-5,10,13H,6-9,15H2,1H3,(H,16,17). The Morgan fingerprint density at radius 1 is 1.35 bits per heavy atom. The van der Waals surface area contributed by atoms with E-state index in [0.29, 0.717) is 24.9 Å². The smallest absolute Gasteiger partial charge is 0.224 e. The van der Waals surface area contributed by atoms with Crippen molar-refractivity contribution in [2.24, 2.45) is 11.7 Å². The summed E-state index contributed by atoms with van der Waals surface area (Å²) >= 11 is 0. The molecule has 92 valence electrons. The number of nitrogens with one attached hydrogen (secondary N) is 1. The summed E-state index contributed by atoms with van der Waals surface area (Å²) in [5.41, 5.74) is 7.67.